The number of rotatable bonds is 7. The van der Waals surface area contributed by atoms with Gasteiger partial charge in [-0.3, -0.25) is 9.78 Å². The van der Waals surface area contributed by atoms with Crippen LogP contribution in [0.3, 0.4) is 0 Å². The molecule has 114 valence electrons. The second-order valence-corrected chi connectivity index (χ2v) is 4.86. The molecule has 22 heavy (non-hydrogen) atoms. The highest BCUT2D eigenvalue weighted by atomic mass is 16.5. The number of pyridine rings is 1. The Hall–Kier alpha value is -2.46. The Bertz CT molecular complexity index is 597. The van der Waals surface area contributed by atoms with Crippen molar-refractivity contribution in [3.63, 3.8) is 0 Å². The Labute approximate surface area is 131 Å². The van der Waals surface area contributed by atoms with Crippen LogP contribution in [0.25, 0.3) is 6.08 Å². The number of methoxy groups -OCH3 is 1. The molecule has 2 aromatic rings. The minimum atomic E-state index is -0.0373. The van der Waals surface area contributed by atoms with Gasteiger partial charge in [0, 0.05) is 38.7 Å². The summed E-state index contributed by atoms with van der Waals surface area (Å²) in [7, 11) is 1.64. The third-order valence-corrected chi connectivity index (χ3v) is 3.20. The molecule has 1 aromatic heterocycles. The summed E-state index contributed by atoms with van der Waals surface area (Å²) in [5.41, 5.74) is 2.00. The standard InChI is InChI=1S/C18H20N2O2/c1-22-13-12-20(15-17-6-3-2-4-7-17)18(21)10-9-16-8-5-11-19-14-16/h2-11,14H,12-13,15H2,1H3/b10-9+. The molecule has 1 aromatic carbocycles. The fourth-order valence-electron chi connectivity index (χ4n) is 2.02. The van der Waals surface area contributed by atoms with E-state index in [1.807, 2.05) is 42.5 Å². The first-order valence-corrected chi connectivity index (χ1v) is 7.19. The van der Waals surface area contributed by atoms with Crippen LogP contribution < -0.4 is 0 Å². The summed E-state index contributed by atoms with van der Waals surface area (Å²) in [6.07, 6.45) is 6.79. The molecule has 0 saturated heterocycles. The Morgan fingerprint density at radius 1 is 1.23 bits per heavy atom. The highest BCUT2D eigenvalue weighted by molar-refractivity contribution is 5.91. The monoisotopic (exact) mass is 296 g/mol. The van der Waals surface area contributed by atoms with Gasteiger partial charge in [-0.1, -0.05) is 36.4 Å². The van der Waals surface area contributed by atoms with Crippen molar-refractivity contribution in [3.8, 4) is 0 Å². The summed E-state index contributed by atoms with van der Waals surface area (Å²) < 4.78 is 5.09. The smallest absolute Gasteiger partial charge is 0.246 e. The number of benzene rings is 1. The lowest BCUT2D eigenvalue weighted by Crippen LogP contribution is -2.32. The Kier molecular flexibility index (Phi) is 6.33. The van der Waals surface area contributed by atoms with Gasteiger partial charge in [-0.15, -0.1) is 0 Å². The van der Waals surface area contributed by atoms with Crippen LogP contribution in [0.1, 0.15) is 11.1 Å². The van der Waals surface area contributed by atoms with E-state index in [9.17, 15) is 4.79 Å². The molecule has 0 aliphatic carbocycles. The first-order chi connectivity index (χ1) is 10.8. The number of carbonyl (C=O) groups is 1. The maximum atomic E-state index is 12.4. The predicted octanol–water partition coefficient (Wildman–Crippen LogP) is 2.77. The van der Waals surface area contributed by atoms with Crippen LogP contribution in [0.2, 0.25) is 0 Å². The maximum absolute atomic E-state index is 12.4. The van der Waals surface area contributed by atoms with E-state index in [4.69, 9.17) is 4.74 Å². The lowest BCUT2D eigenvalue weighted by Gasteiger charge is -2.21. The normalized spacial score (nSPS) is 10.8. The van der Waals surface area contributed by atoms with Gasteiger partial charge in [0.05, 0.1) is 6.61 Å². The van der Waals surface area contributed by atoms with Gasteiger partial charge in [-0.2, -0.15) is 0 Å². The topological polar surface area (TPSA) is 42.4 Å². The zero-order valence-electron chi connectivity index (χ0n) is 12.7. The van der Waals surface area contributed by atoms with E-state index < -0.39 is 0 Å². The molecule has 0 spiro atoms. The Morgan fingerprint density at radius 2 is 2.05 bits per heavy atom. The summed E-state index contributed by atoms with van der Waals surface area (Å²) in [4.78, 5) is 18.2. The van der Waals surface area contributed by atoms with Gasteiger partial charge in [-0.25, -0.2) is 0 Å². The molecule has 4 nitrogen and oxygen atoms in total. The minimum Gasteiger partial charge on any atom is -0.383 e. The third kappa shape index (κ3) is 5.14. The number of aromatic nitrogens is 1. The lowest BCUT2D eigenvalue weighted by molar-refractivity contribution is -0.127. The van der Waals surface area contributed by atoms with Gasteiger partial charge in [0.1, 0.15) is 0 Å². The molecule has 0 saturated carbocycles. The van der Waals surface area contributed by atoms with Crippen molar-refractivity contribution in [3.05, 3.63) is 72.1 Å². The molecule has 0 bridgehead atoms. The molecule has 0 aliphatic heterocycles. The van der Waals surface area contributed by atoms with Crippen molar-refractivity contribution in [1.82, 2.24) is 9.88 Å². The van der Waals surface area contributed by atoms with Crippen LogP contribution in [0, 0.1) is 0 Å². The molecule has 0 fully saturated rings. The predicted molar refractivity (Wildman–Crippen MR) is 87.0 cm³/mol. The van der Waals surface area contributed by atoms with E-state index in [0.717, 1.165) is 11.1 Å². The van der Waals surface area contributed by atoms with E-state index in [2.05, 4.69) is 4.98 Å². The Balaban J connectivity index is 2.04. The Morgan fingerprint density at radius 3 is 2.73 bits per heavy atom. The van der Waals surface area contributed by atoms with Crippen LogP contribution in [-0.4, -0.2) is 36.1 Å². The van der Waals surface area contributed by atoms with Gasteiger partial charge >= 0.3 is 0 Å². The number of hydrogen-bond acceptors (Lipinski definition) is 3. The van der Waals surface area contributed by atoms with Crippen LogP contribution >= 0.6 is 0 Å². The van der Waals surface area contributed by atoms with E-state index in [1.54, 1.807) is 36.6 Å². The summed E-state index contributed by atoms with van der Waals surface area (Å²) in [5, 5.41) is 0. The van der Waals surface area contributed by atoms with E-state index in [1.165, 1.54) is 0 Å². The number of nitrogens with zero attached hydrogens (tertiary/aromatic N) is 2. The maximum Gasteiger partial charge on any atom is 0.246 e. The van der Waals surface area contributed by atoms with Crippen LogP contribution in [0.15, 0.2) is 60.9 Å². The van der Waals surface area contributed by atoms with Crippen LogP contribution in [0.5, 0.6) is 0 Å². The highest BCUT2D eigenvalue weighted by Gasteiger charge is 2.10. The van der Waals surface area contributed by atoms with Crippen molar-refractivity contribution in [2.24, 2.45) is 0 Å². The fraction of sp³-hybridized carbons (Fsp3) is 0.222. The zero-order valence-corrected chi connectivity index (χ0v) is 12.7. The molecule has 1 heterocycles. The second kappa shape index (κ2) is 8.74. The number of carbonyl (C=O) groups excluding carboxylic acids is 1. The first kappa shape index (κ1) is 15.9. The van der Waals surface area contributed by atoms with Gasteiger partial charge in [0.2, 0.25) is 5.91 Å². The molecule has 0 radical (unpaired) electrons. The van der Waals surface area contributed by atoms with Crippen LogP contribution in [0.4, 0.5) is 0 Å². The third-order valence-electron chi connectivity index (χ3n) is 3.20. The van der Waals surface area contributed by atoms with Gasteiger partial charge < -0.3 is 9.64 Å². The molecule has 1 amide bonds. The SMILES string of the molecule is COCCN(Cc1ccccc1)C(=O)/C=C/c1cccnc1. The van der Waals surface area contributed by atoms with Crippen LogP contribution in [-0.2, 0) is 16.1 Å². The zero-order chi connectivity index (χ0) is 15.6. The minimum absolute atomic E-state index is 0.0373. The molecule has 0 N–H and O–H groups in total. The average molecular weight is 296 g/mol. The number of hydrogen-bond donors (Lipinski definition) is 0. The molecule has 0 atom stereocenters. The quantitative estimate of drug-likeness (QED) is 0.738. The number of ether oxygens (including phenoxy) is 1. The molecule has 0 aliphatic rings. The van der Waals surface area contributed by atoms with Crippen molar-refractivity contribution >= 4 is 12.0 Å². The average Bonchev–Trinajstić information content (AvgIpc) is 2.58. The summed E-state index contributed by atoms with van der Waals surface area (Å²) in [6.45, 7) is 1.64. The van der Waals surface area contributed by atoms with Gasteiger partial charge in [-0.05, 0) is 23.3 Å². The molecular formula is C18H20N2O2. The van der Waals surface area contributed by atoms with E-state index in [0.29, 0.717) is 19.7 Å². The van der Waals surface area contributed by atoms with Gasteiger partial charge in [0.15, 0.2) is 0 Å². The van der Waals surface area contributed by atoms with Gasteiger partial charge in [0.25, 0.3) is 0 Å². The lowest BCUT2D eigenvalue weighted by atomic mass is 10.2. The van der Waals surface area contributed by atoms with E-state index in [-0.39, 0.29) is 5.91 Å². The highest BCUT2D eigenvalue weighted by Crippen LogP contribution is 2.06. The largest absolute Gasteiger partial charge is 0.383 e. The number of amides is 1. The fourth-order valence-corrected chi connectivity index (χ4v) is 2.02. The summed E-state index contributed by atoms with van der Waals surface area (Å²) in [6, 6.07) is 13.7. The van der Waals surface area contributed by atoms with Crippen molar-refractivity contribution < 1.29 is 9.53 Å². The summed E-state index contributed by atoms with van der Waals surface area (Å²) >= 11 is 0. The second-order valence-electron chi connectivity index (χ2n) is 4.86. The molecular weight excluding hydrogens is 276 g/mol. The first-order valence-electron chi connectivity index (χ1n) is 7.19. The molecule has 4 heteroatoms. The van der Waals surface area contributed by atoms with E-state index >= 15 is 0 Å². The summed E-state index contributed by atoms with van der Waals surface area (Å²) in [5.74, 6) is -0.0373. The van der Waals surface area contributed by atoms with Crippen molar-refractivity contribution in [1.29, 1.82) is 0 Å². The van der Waals surface area contributed by atoms with Crippen molar-refractivity contribution in [2.45, 2.75) is 6.54 Å². The van der Waals surface area contributed by atoms with Crippen molar-refractivity contribution in [2.75, 3.05) is 20.3 Å². The molecule has 2 rings (SSSR count). The molecule has 0 unspecified atom stereocenters.